The summed E-state index contributed by atoms with van der Waals surface area (Å²) < 4.78 is 33.6. The fourth-order valence-corrected chi connectivity index (χ4v) is 8.28. The first kappa shape index (κ1) is 59.0. The van der Waals surface area contributed by atoms with Gasteiger partial charge in [0, 0.05) is 19.6 Å². The van der Waals surface area contributed by atoms with Gasteiger partial charge in [-0.25, -0.2) is 4.57 Å². The molecular formula is C51H100NO7P. The summed E-state index contributed by atoms with van der Waals surface area (Å²) in [6.07, 6.45) is 56.4. The molecule has 0 rings (SSSR count). The minimum absolute atomic E-state index is 0.0944. The second-order valence-corrected chi connectivity index (χ2v) is 18.8. The molecule has 0 amide bonds. The van der Waals surface area contributed by atoms with Gasteiger partial charge >= 0.3 is 13.8 Å². The van der Waals surface area contributed by atoms with E-state index in [4.69, 9.17) is 24.3 Å². The van der Waals surface area contributed by atoms with Gasteiger partial charge in [0.2, 0.25) is 0 Å². The van der Waals surface area contributed by atoms with E-state index in [2.05, 4.69) is 38.2 Å². The van der Waals surface area contributed by atoms with Gasteiger partial charge in [-0.1, -0.05) is 212 Å². The van der Waals surface area contributed by atoms with Crippen LogP contribution in [-0.4, -0.2) is 49.9 Å². The minimum atomic E-state index is -4.28. The lowest BCUT2D eigenvalue weighted by Crippen LogP contribution is -2.28. The zero-order chi connectivity index (χ0) is 43.7. The van der Waals surface area contributed by atoms with Gasteiger partial charge in [-0.3, -0.25) is 13.8 Å². The highest BCUT2D eigenvalue weighted by atomic mass is 31.2. The highest BCUT2D eigenvalue weighted by molar-refractivity contribution is 7.47. The molecule has 3 N–H and O–H groups in total. The number of esters is 1. The van der Waals surface area contributed by atoms with E-state index in [0.717, 1.165) is 32.1 Å². The Balaban J connectivity index is 3.90. The van der Waals surface area contributed by atoms with Crippen LogP contribution in [0.15, 0.2) is 24.3 Å². The SMILES string of the molecule is CCCCCCCC/C=C\CCCCCCCCCC(=O)OC(COCCCCCCCCCCCCCC/C=C\CCCCCCCCCC)COP(=O)(O)OCCN. The predicted octanol–water partition coefficient (Wildman–Crippen LogP) is 16.0. The van der Waals surface area contributed by atoms with Gasteiger partial charge in [-0.05, 0) is 64.2 Å². The molecule has 0 aliphatic carbocycles. The molecule has 356 valence electrons. The predicted molar refractivity (Wildman–Crippen MR) is 257 cm³/mol. The summed E-state index contributed by atoms with van der Waals surface area (Å²) in [5.41, 5.74) is 5.39. The molecule has 0 aliphatic heterocycles. The molecule has 2 atom stereocenters. The summed E-state index contributed by atoms with van der Waals surface area (Å²) in [6, 6.07) is 0. The van der Waals surface area contributed by atoms with Gasteiger partial charge in [0.1, 0.15) is 6.10 Å². The number of hydrogen-bond donors (Lipinski definition) is 2. The van der Waals surface area contributed by atoms with Gasteiger partial charge in [-0.15, -0.1) is 0 Å². The standard InChI is InChI=1S/C51H100NO7P/c1-3-5-7-9-11-13-15-17-19-21-22-23-24-25-26-27-29-31-33-35-37-39-41-43-46-56-48-50(49-58-60(54,55)57-47-45-52)59-51(53)44-42-40-38-36-34-32-30-28-20-18-16-14-12-10-8-6-4-2/h18,20-22,50H,3-17,19,23-49,52H2,1-2H3,(H,54,55)/b20-18-,22-21-. The van der Waals surface area contributed by atoms with Crippen LogP contribution in [0.1, 0.15) is 258 Å². The molecule has 0 bridgehead atoms. The molecule has 0 aromatic rings. The number of hydrogen-bond acceptors (Lipinski definition) is 7. The Morgan fingerprint density at radius 1 is 0.483 bits per heavy atom. The third kappa shape index (κ3) is 48.0. The van der Waals surface area contributed by atoms with E-state index in [0.29, 0.717) is 13.0 Å². The van der Waals surface area contributed by atoms with Gasteiger partial charge in [-0.2, -0.15) is 0 Å². The number of unbranched alkanes of at least 4 members (excludes halogenated alkanes) is 33. The first-order chi connectivity index (χ1) is 29.4. The summed E-state index contributed by atoms with van der Waals surface area (Å²) in [5, 5.41) is 0. The smallest absolute Gasteiger partial charge is 0.457 e. The van der Waals surface area contributed by atoms with Crippen LogP contribution in [0.5, 0.6) is 0 Å². The van der Waals surface area contributed by atoms with Crippen molar-refractivity contribution in [2.24, 2.45) is 5.73 Å². The van der Waals surface area contributed by atoms with Crippen molar-refractivity contribution >= 4 is 13.8 Å². The van der Waals surface area contributed by atoms with Crippen molar-refractivity contribution in [2.45, 2.75) is 264 Å². The van der Waals surface area contributed by atoms with Crippen molar-refractivity contribution < 1.29 is 32.8 Å². The Kier molecular flexibility index (Phi) is 48.2. The Hall–Kier alpha value is -1.02. The number of carbonyl (C=O) groups excluding carboxylic acids is 1. The lowest BCUT2D eigenvalue weighted by molar-refractivity contribution is -0.154. The topological polar surface area (TPSA) is 117 Å². The summed E-state index contributed by atoms with van der Waals surface area (Å²) in [5.74, 6) is -0.331. The van der Waals surface area contributed by atoms with Gasteiger partial charge < -0.3 is 20.1 Å². The third-order valence-electron chi connectivity index (χ3n) is 11.3. The van der Waals surface area contributed by atoms with Crippen LogP contribution in [0.3, 0.4) is 0 Å². The van der Waals surface area contributed by atoms with Crippen molar-refractivity contribution in [1.82, 2.24) is 0 Å². The van der Waals surface area contributed by atoms with Crippen LogP contribution in [0.25, 0.3) is 0 Å². The zero-order valence-corrected chi connectivity index (χ0v) is 40.6. The minimum Gasteiger partial charge on any atom is -0.457 e. The molecule has 0 aromatic carbocycles. The second-order valence-electron chi connectivity index (χ2n) is 17.4. The van der Waals surface area contributed by atoms with Crippen molar-refractivity contribution in [3.8, 4) is 0 Å². The number of ether oxygens (including phenoxy) is 2. The van der Waals surface area contributed by atoms with Crippen LogP contribution >= 0.6 is 7.82 Å². The molecule has 0 radical (unpaired) electrons. The number of carbonyl (C=O) groups is 1. The van der Waals surface area contributed by atoms with E-state index >= 15 is 0 Å². The molecule has 0 saturated carbocycles. The zero-order valence-electron chi connectivity index (χ0n) is 39.7. The number of nitrogens with two attached hydrogens (primary N) is 1. The molecule has 8 nitrogen and oxygen atoms in total. The summed E-state index contributed by atoms with van der Waals surface area (Å²) >= 11 is 0. The normalized spacial score (nSPS) is 13.5. The number of phosphoric ester groups is 1. The molecule has 0 saturated heterocycles. The first-order valence-corrected chi connectivity index (χ1v) is 27.3. The van der Waals surface area contributed by atoms with E-state index in [1.165, 1.54) is 205 Å². The largest absolute Gasteiger partial charge is 0.472 e. The quantitative estimate of drug-likeness (QED) is 0.0269. The first-order valence-electron chi connectivity index (χ1n) is 25.8. The molecule has 9 heteroatoms. The fraction of sp³-hybridized carbons (Fsp3) is 0.902. The van der Waals surface area contributed by atoms with Gasteiger partial charge in [0.25, 0.3) is 0 Å². The molecule has 0 heterocycles. The summed E-state index contributed by atoms with van der Waals surface area (Å²) in [7, 11) is -4.28. The maximum Gasteiger partial charge on any atom is 0.472 e. The Labute approximate surface area is 372 Å². The van der Waals surface area contributed by atoms with E-state index in [-0.39, 0.29) is 32.3 Å². The molecule has 60 heavy (non-hydrogen) atoms. The third-order valence-corrected chi connectivity index (χ3v) is 12.3. The van der Waals surface area contributed by atoms with E-state index in [1.807, 2.05) is 0 Å². The van der Waals surface area contributed by atoms with Crippen LogP contribution in [-0.2, 0) is 27.9 Å². The Morgan fingerprint density at radius 3 is 1.22 bits per heavy atom. The van der Waals surface area contributed by atoms with Crippen LogP contribution < -0.4 is 5.73 Å². The van der Waals surface area contributed by atoms with Crippen molar-refractivity contribution in [1.29, 1.82) is 0 Å². The van der Waals surface area contributed by atoms with Crippen LogP contribution in [0.2, 0.25) is 0 Å². The second kappa shape index (κ2) is 49.0. The van der Waals surface area contributed by atoms with Crippen molar-refractivity contribution in [3.05, 3.63) is 24.3 Å². The van der Waals surface area contributed by atoms with E-state index in [1.54, 1.807) is 0 Å². The fourth-order valence-electron chi connectivity index (χ4n) is 7.52. The average molecular weight is 870 g/mol. The summed E-state index contributed by atoms with van der Waals surface area (Å²) in [6.45, 7) is 4.96. The highest BCUT2D eigenvalue weighted by Crippen LogP contribution is 2.43. The van der Waals surface area contributed by atoms with Gasteiger partial charge in [0.15, 0.2) is 0 Å². The molecular weight excluding hydrogens is 770 g/mol. The van der Waals surface area contributed by atoms with Crippen LogP contribution in [0.4, 0.5) is 0 Å². The van der Waals surface area contributed by atoms with Crippen LogP contribution in [0, 0.1) is 0 Å². The number of rotatable bonds is 50. The average Bonchev–Trinajstić information content (AvgIpc) is 3.24. The summed E-state index contributed by atoms with van der Waals surface area (Å²) in [4.78, 5) is 22.6. The van der Waals surface area contributed by atoms with Crippen molar-refractivity contribution in [2.75, 3.05) is 33.0 Å². The maximum absolute atomic E-state index is 12.6. The van der Waals surface area contributed by atoms with Gasteiger partial charge in [0.05, 0.1) is 19.8 Å². The molecule has 0 fully saturated rings. The molecule has 0 spiro atoms. The lowest BCUT2D eigenvalue weighted by Gasteiger charge is -2.20. The van der Waals surface area contributed by atoms with E-state index in [9.17, 15) is 14.3 Å². The molecule has 2 unspecified atom stereocenters. The molecule has 0 aliphatic rings. The lowest BCUT2D eigenvalue weighted by atomic mass is 10.0. The monoisotopic (exact) mass is 870 g/mol. The number of phosphoric acid groups is 1. The Bertz CT molecular complexity index is 977. The number of allylic oxidation sites excluding steroid dienone is 4. The Morgan fingerprint density at radius 2 is 0.833 bits per heavy atom. The highest BCUT2D eigenvalue weighted by Gasteiger charge is 2.25. The molecule has 0 aromatic heterocycles. The van der Waals surface area contributed by atoms with E-state index < -0.39 is 13.9 Å². The maximum atomic E-state index is 12.6. The van der Waals surface area contributed by atoms with Crippen molar-refractivity contribution in [3.63, 3.8) is 0 Å².